The fourth-order valence-corrected chi connectivity index (χ4v) is 2.72. The molecule has 2 nitrogen and oxygen atoms in total. The summed E-state index contributed by atoms with van der Waals surface area (Å²) in [5.74, 6) is -0.146. The molecule has 1 saturated heterocycles. The third-order valence-corrected chi connectivity index (χ3v) is 3.56. The van der Waals surface area contributed by atoms with E-state index in [-0.39, 0.29) is 11.4 Å². The standard InChI is InChI=1S/C12H15FN2/c13-10-2-1-9-8-12(15-11(9)7-10)3-5-14-6-4-12/h1-2,7,14-15H,3-6,8H2. The average molecular weight is 206 g/mol. The molecule has 2 N–H and O–H groups in total. The SMILES string of the molecule is Fc1ccc2c(c1)NC1(CCNCC1)C2. The predicted molar refractivity (Wildman–Crippen MR) is 58.6 cm³/mol. The van der Waals surface area contributed by atoms with E-state index in [1.54, 1.807) is 12.1 Å². The largest absolute Gasteiger partial charge is 0.379 e. The first-order valence-corrected chi connectivity index (χ1v) is 5.55. The van der Waals surface area contributed by atoms with Crippen LogP contribution in [0, 0.1) is 5.82 Å². The van der Waals surface area contributed by atoms with Crippen LogP contribution in [0.5, 0.6) is 0 Å². The number of nitrogens with one attached hydrogen (secondary N) is 2. The number of halogens is 1. The summed E-state index contributed by atoms with van der Waals surface area (Å²) in [6.45, 7) is 2.12. The minimum Gasteiger partial charge on any atom is -0.379 e. The molecule has 2 aliphatic rings. The third-order valence-electron chi connectivity index (χ3n) is 3.56. The van der Waals surface area contributed by atoms with Gasteiger partial charge in [0, 0.05) is 11.2 Å². The van der Waals surface area contributed by atoms with E-state index in [9.17, 15) is 4.39 Å². The molecule has 1 aromatic carbocycles. The number of hydrogen-bond acceptors (Lipinski definition) is 2. The Labute approximate surface area is 88.9 Å². The summed E-state index contributed by atoms with van der Waals surface area (Å²) >= 11 is 0. The Hall–Kier alpha value is -1.09. The summed E-state index contributed by atoms with van der Waals surface area (Å²) < 4.78 is 13.1. The lowest BCUT2D eigenvalue weighted by atomic mass is 9.86. The first-order chi connectivity index (χ1) is 7.27. The Morgan fingerprint density at radius 1 is 1.20 bits per heavy atom. The highest BCUT2D eigenvalue weighted by Gasteiger charge is 2.37. The van der Waals surface area contributed by atoms with Gasteiger partial charge in [0.15, 0.2) is 0 Å². The molecule has 2 heterocycles. The molecule has 2 aliphatic heterocycles. The molecule has 3 rings (SSSR count). The molecule has 0 radical (unpaired) electrons. The molecule has 0 atom stereocenters. The lowest BCUT2D eigenvalue weighted by Crippen LogP contribution is -2.46. The Morgan fingerprint density at radius 2 is 2.00 bits per heavy atom. The number of fused-ring (bicyclic) bond motifs is 1. The van der Waals surface area contributed by atoms with Crippen molar-refractivity contribution in [3.63, 3.8) is 0 Å². The van der Waals surface area contributed by atoms with Crippen LogP contribution >= 0.6 is 0 Å². The Morgan fingerprint density at radius 3 is 2.80 bits per heavy atom. The predicted octanol–water partition coefficient (Wildman–Crippen LogP) is 1.92. The van der Waals surface area contributed by atoms with Gasteiger partial charge in [-0.3, -0.25) is 0 Å². The summed E-state index contributed by atoms with van der Waals surface area (Å²) in [6, 6.07) is 5.08. The molecule has 0 saturated carbocycles. The van der Waals surface area contributed by atoms with Crippen LogP contribution in [-0.2, 0) is 6.42 Å². The number of hydrogen-bond donors (Lipinski definition) is 2. The summed E-state index contributed by atoms with van der Waals surface area (Å²) in [6.07, 6.45) is 3.30. The van der Waals surface area contributed by atoms with E-state index >= 15 is 0 Å². The van der Waals surface area contributed by atoms with E-state index in [2.05, 4.69) is 10.6 Å². The summed E-state index contributed by atoms with van der Waals surface area (Å²) in [4.78, 5) is 0. The maximum absolute atomic E-state index is 13.1. The Kier molecular flexibility index (Phi) is 1.96. The number of rotatable bonds is 0. The van der Waals surface area contributed by atoms with Crippen molar-refractivity contribution in [2.45, 2.75) is 24.8 Å². The Balaban J connectivity index is 1.90. The minimum absolute atomic E-state index is 0.146. The fourth-order valence-electron chi connectivity index (χ4n) is 2.72. The average Bonchev–Trinajstić information content (AvgIpc) is 2.56. The van der Waals surface area contributed by atoms with E-state index in [0.29, 0.717) is 0 Å². The van der Waals surface area contributed by atoms with Gasteiger partial charge in [-0.2, -0.15) is 0 Å². The van der Waals surface area contributed by atoms with Gasteiger partial charge < -0.3 is 10.6 Å². The van der Waals surface area contributed by atoms with Crippen LogP contribution in [0.4, 0.5) is 10.1 Å². The molecule has 0 aromatic heterocycles. The van der Waals surface area contributed by atoms with Gasteiger partial charge in [-0.1, -0.05) is 6.07 Å². The molecule has 0 aliphatic carbocycles. The maximum atomic E-state index is 13.1. The van der Waals surface area contributed by atoms with Crippen molar-refractivity contribution in [1.29, 1.82) is 0 Å². The van der Waals surface area contributed by atoms with Crippen LogP contribution in [0.2, 0.25) is 0 Å². The zero-order valence-electron chi connectivity index (χ0n) is 8.65. The second-order valence-electron chi connectivity index (χ2n) is 4.63. The van der Waals surface area contributed by atoms with Gasteiger partial charge in [-0.15, -0.1) is 0 Å². The second-order valence-corrected chi connectivity index (χ2v) is 4.63. The van der Waals surface area contributed by atoms with Gasteiger partial charge in [0.05, 0.1) is 0 Å². The molecule has 1 fully saturated rings. The van der Waals surface area contributed by atoms with Crippen molar-refractivity contribution in [2.75, 3.05) is 18.4 Å². The van der Waals surface area contributed by atoms with Crippen LogP contribution in [0.3, 0.4) is 0 Å². The number of piperidine rings is 1. The van der Waals surface area contributed by atoms with Crippen LogP contribution < -0.4 is 10.6 Å². The number of benzene rings is 1. The fraction of sp³-hybridized carbons (Fsp3) is 0.500. The monoisotopic (exact) mass is 206 g/mol. The van der Waals surface area contributed by atoms with Crippen LogP contribution in [0.25, 0.3) is 0 Å². The topological polar surface area (TPSA) is 24.1 Å². The molecule has 0 bridgehead atoms. The minimum atomic E-state index is -0.146. The molecule has 0 unspecified atom stereocenters. The normalized spacial score (nSPS) is 22.5. The summed E-state index contributed by atoms with van der Waals surface area (Å²) in [7, 11) is 0. The molecular formula is C12H15FN2. The first kappa shape index (κ1) is 9.16. The van der Waals surface area contributed by atoms with E-state index in [1.165, 1.54) is 5.56 Å². The van der Waals surface area contributed by atoms with Gasteiger partial charge in [-0.25, -0.2) is 4.39 Å². The summed E-state index contributed by atoms with van der Waals surface area (Å²) in [5.41, 5.74) is 2.46. The highest BCUT2D eigenvalue weighted by Crippen LogP contribution is 2.37. The van der Waals surface area contributed by atoms with Crippen molar-refractivity contribution in [1.82, 2.24) is 5.32 Å². The van der Waals surface area contributed by atoms with Crippen molar-refractivity contribution < 1.29 is 4.39 Å². The van der Waals surface area contributed by atoms with Crippen LogP contribution in [0.1, 0.15) is 18.4 Å². The molecule has 3 heteroatoms. The van der Waals surface area contributed by atoms with Crippen LogP contribution in [0.15, 0.2) is 18.2 Å². The molecule has 1 aromatic rings. The molecule has 15 heavy (non-hydrogen) atoms. The van der Waals surface area contributed by atoms with Gasteiger partial charge in [0.25, 0.3) is 0 Å². The highest BCUT2D eigenvalue weighted by molar-refractivity contribution is 5.59. The van der Waals surface area contributed by atoms with Gasteiger partial charge >= 0.3 is 0 Å². The van der Waals surface area contributed by atoms with Crippen molar-refractivity contribution in [3.8, 4) is 0 Å². The lowest BCUT2D eigenvalue weighted by Gasteiger charge is -2.34. The zero-order chi connectivity index (χ0) is 10.3. The van der Waals surface area contributed by atoms with E-state index in [0.717, 1.165) is 38.0 Å². The highest BCUT2D eigenvalue weighted by atomic mass is 19.1. The second kappa shape index (κ2) is 3.20. The van der Waals surface area contributed by atoms with Crippen LogP contribution in [-0.4, -0.2) is 18.6 Å². The molecule has 80 valence electrons. The molecule has 0 amide bonds. The lowest BCUT2D eigenvalue weighted by molar-refractivity contribution is 0.348. The molecular weight excluding hydrogens is 191 g/mol. The van der Waals surface area contributed by atoms with E-state index < -0.39 is 0 Å². The van der Waals surface area contributed by atoms with Crippen molar-refractivity contribution in [3.05, 3.63) is 29.6 Å². The summed E-state index contributed by atoms with van der Waals surface area (Å²) in [5, 5.41) is 6.87. The van der Waals surface area contributed by atoms with Gasteiger partial charge in [0.2, 0.25) is 0 Å². The number of anilines is 1. The maximum Gasteiger partial charge on any atom is 0.125 e. The van der Waals surface area contributed by atoms with E-state index in [1.807, 2.05) is 6.07 Å². The van der Waals surface area contributed by atoms with Crippen molar-refractivity contribution in [2.24, 2.45) is 0 Å². The quantitative estimate of drug-likeness (QED) is 0.677. The first-order valence-electron chi connectivity index (χ1n) is 5.55. The third kappa shape index (κ3) is 1.51. The van der Waals surface area contributed by atoms with Crippen molar-refractivity contribution >= 4 is 5.69 Å². The Bertz CT molecular complexity index is 383. The smallest absolute Gasteiger partial charge is 0.125 e. The zero-order valence-corrected chi connectivity index (χ0v) is 8.65. The van der Waals surface area contributed by atoms with Gasteiger partial charge in [0.1, 0.15) is 5.82 Å². The van der Waals surface area contributed by atoms with E-state index in [4.69, 9.17) is 0 Å². The molecule has 1 spiro atoms. The van der Waals surface area contributed by atoms with Gasteiger partial charge in [-0.05, 0) is 50.0 Å².